The van der Waals surface area contributed by atoms with Crippen LogP contribution in [0.3, 0.4) is 0 Å². The summed E-state index contributed by atoms with van der Waals surface area (Å²) in [6, 6.07) is 5.71. The molecule has 2 fully saturated rings. The molecule has 1 saturated carbocycles. The molecule has 1 aromatic rings. The zero-order chi connectivity index (χ0) is 16.4. The second kappa shape index (κ2) is 6.57. The maximum absolute atomic E-state index is 11.0. The van der Waals surface area contributed by atoms with Crippen LogP contribution in [-0.4, -0.2) is 55.8 Å². The molecule has 0 atom stereocenters. The number of halogens is 1. The Bertz CT molecular complexity index is 581. The maximum Gasteiger partial charge on any atom is 0.303 e. The minimum atomic E-state index is -0.677. The Labute approximate surface area is 141 Å². The standard InChI is InChI=1S/C17H23ClN2O3/c1-23-13-2-3-14(18)15(10-13)20-8-6-19(7-9-20)12-17(4-5-17)11-16(21)22/h2-3,10H,4-9,11-12H2,1H3,(H,21,22). The number of hydrogen-bond donors (Lipinski definition) is 1. The van der Waals surface area contributed by atoms with E-state index in [1.54, 1.807) is 7.11 Å². The SMILES string of the molecule is COc1ccc(Cl)c(N2CCN(CC3(CC(=O)O)CC3)CC2)c1. The highest BCUT2D eigenvalue weighted by atomic mass is 35.5. The number of ether oxygens (including phenoxy) is 1. The van der Waals surface area contributed by atoms with Gasteiger partial charge in [0.25, 0.3) is 0 Å². The third kappa shape index (κ3) is 3.90. The number of carboxylic acid groups (broad SMARTS) is 1. The highest BCUT2D eigenvalue weighted by Crippen LogP contribution is 2.49. The number of hydrogen-bond acceptors (Lipinski definition) is 4. The van der Waals surface area contributed by atoms with E-state index in [1.807, 2.05) is 18.2 Å². The first-order valence-corrected chi connectivity index (χ1v) is 8.42. The van der Waals surface area contributed by atoms with E-state index in [4.69, 9.17) is 21.4 Å². The van der Waals surface area contributed by atoms with Gasteiger partial charge in [0.15, 0.2) is 0 Å². The number of methoxy groups -OCH3 is 1. The van der Waals surface area contributed by atoms with Crippen LogP contribution in [0.4, 0.5) is 5.69 Å². The molecule has 5 nitrogen and oxygen atoms in total. The first-order chi connectivity index (χ1) is 11.0. The minimum Gasteiger partial charge on any atom is -0.497 e. The van der Waals surface area contributed by atoms with Crippen molar-refractivity contribution in [1.82, 2.24) is 4.90 Å². The number of piperazine rings is 1. The van der Waals surface area contributed by atoms with Crippen LogP contribution in [0.1, 0.15) is 19.3 Å². The Balaban J connectivity index is 1.57. The van der Waals surface area contributed by atoms with E-state index in [9.17, 15) is 4.79 Å². The van der Waals surface area contributed by atoms with Crippen LogP contribution in [0.5, 0.6) is 5.75 Å². The van der Waals surface area contributed by atoms with Crippen LogP contribution in [0.15, 0.2) is 18.2 Å². The fourth-order valence-electron chi connectivity index (χ4n) is 3.37. The van der Waals surface area contributed by atoms with Gasteiger partial charge in [-0.25, -0.2) is 0 Å². The summed E-state index contributed by atoms with van der Waals surface area (Å²) in [7, 11) is 1.66. The highest BCUT2D eigenvalue weighted by molar-refractivity contribution is 6.33. The molecule has 0 radical (unpaired) electrons. The summed E-state index contributed by atoms with van der Waals surface area (Å²) in [4.78, 5) is 15.6. The summed E-state index contributed by atoms with van der Waals surface area (Å²) in [5.74, 6) is 0.134. The van der Waals surface area contributed by atoms with Gasteiger partial charge in [-0.05, 0) is 30.4 Å². The normalized spacial score (nSPS) is 20.3. The molecule has 126 valence electrons. The van der Waals surface area contributed by atoms with Crippen molar-refractivity contribution in [2.45, 2.75) is 19.3 Å². The van der Waals surface area contributed by atoms with Gasteiger partial charge in [-0.3, -0.25) is 9.69 Å². The summed E-state index contributed by atoms with van der Waals surface area (Å²) in [5, 5.41) is 9.78. The van der Waals surface area contributed by atoms with Crippen molar-refractivity contribution in [2.75, 3.05) is 44.7 Å². The van der Waals surface area contributed by atoms with Crippen molar-refractivity contribution in [2.24, 2.45) is 5.41 Å². The van der Waals surface area contributed by atoms with E-state index >= 15 is 0 Å². The number of carboxylic acids is 1. The van der Waals surface area contributed by atoms with Gasteiger partial charge >= 0.3 is 5.97 Å². The fraction of sp³-hybridized carbons (Fsp3) is 0.588. The molecule has 0 spiro atoms. The molecular weight excluding hydrogens is 316 g/mol. The Morgan fingerprint density at radius 3 is 2.57 bits per heavy atom. The number of carbonyl (C=O) groups is 1. The molecule has 0 aromatic heterocycles. The smallest absolute Gasteiger partial charge is 0.303 e. The van der Waals surface area contributed by atoms with Gasteiger partial charge in [-0.1, -0.05) is 11.6 Å². The average Bonchev–Trinajstić information content (AvgIpc) is 3.27. The molecule has 6 heteroatoms. The topological polar surface area (TPSA) is 53.0 Å². The van der Waals surface area contributed by atoms with E-state index < -0.39 is 5.97 Å². The number of aliphatic carboxylic acids is 1. The highest BCUT2D eigenvalue weighted by Gasteiger charge is 2.45. The molecular formula is C17H23ClN2O3. The number of rotatable bonds is 6. The van der Waals surface area contributed by atoms with Gasteiger partial charge in [0.05, 0.1) is 24.2 Å². The summed E-state index contributed by atoms with van der Waals surface area (Å²) >= 11 is 6.32. The van der Waals surface area contributed by atoms with Crippen molar-refractivity contribution in [3.8, 4) is 5.75 Å². The van der Waals surface area contributed by atoms with E-state index in [2.05, 4.69) is 9.80 Å². The molecule has 1 saturated heterocycles. The summed E-state index contributed by atoms with van der Waals surface area (Å²) in [6.07, 6.45) is 2.39. The largest absolute Gasteiger partial charge is 0.497 e. The van der Waals surface area contributed by atoms with Gasteiger partial charge in [0, 0.05) is 38.8 Å². The summed E-state index contributed by atoms with van der Waals surface area (Å²) < 4.78 is 5.28. The first-order valence-electron chi connectivity index (χ1n) is 8.04. The van der Waals surface area contributed by atoms with Crippen LogP contribution in [0, 0.1) is 5.41 Å². The lowest BCUT2D eigenvalue weighted by Gasteiger charge is -2.38. The predicted molar refractivity (Wildman–Crippen MR) is 90.6 cm³/mol. The fourth-order valence-corrected chi connectivity index (χ4v) is 3.61. The van der Waals surface area contributed by atoms with Gasteiger partial charge in [0.1, 0.15) is 5.75 Å². The number of nitrogens with zero attached hydrogens (tertiary/aromatic N) is 2. The van der Waals surface area contributed by atoms with Crippen LogP contribution < -0.4 is 9.64 Å². The maximum atomic E-state index is 11.0. The molecule has 1 aromatic carbocycles. The Kier molecular flexibility index (Phi) is 4.69. The Morgan fingerprint density at radius 2 is 2.00 bits per heavy atom. The summed E-state index contributed by atoms with van der Waals surface area (Å²) in [5.41, 5.74) is 1.04. The molecule has 1 heterocycles. The van der Waals surface area contributed by atoms with Crippen molar-refractivity contribution < 1.29 is 14.6 Å². The molecule has 0 bridgehead atoms. The molecule has 3 rings (SSSR count). The number of benzene rings is 1. The molecule has 0 unspecified atom stereocenters. The Hall–Kier alpha value is -1.46. The lowest BCUT2D eigenvalue weighted by atomic mass is 10.0. The third-order valence-electron chi connectivity index (χ3n) is 4.91. The number of anilines is 1. The average molecular weight is 339 g/mol. The van der Waals surface area contributed by atoms with Gasteiger partial charge in [-0.15, -0.1) is 0 Å². The van der Waals surface area contributed by atoms with Crippen molar-refractivity contribution >= 4 is 23.3 Å². The van der Waals surface area contributed by atoms with Crippen molar-refractivity contribution in [1.29, 1.82) is 0 Å². The van der Waals surface area contributed by atoms with Crippen molar-refractivity contribution in [3.63, 3.8) is 0 Å². The lowest BCUT2D eigenvalue weighted by molar-refractivity contribution is -0.138. The lowest BCUT2D eigenvalue weighted by Crippen LogP contribution is -2.48. The first kappa shape index (κ1) is 16.4. The predicted octanol–water partition coefficient (Wildman–Crippen LogP) is 2.73. The van der Waals surface area contributed by atoms with E-state index in [0.29, 0.717) is 6.42 Å². The van der Waals surface area contributed by atoms with E-state index in [0.717, 1.165) is 62.0 Å². The van der Waals surface area contributed by atoms with Crippen LogP contribution in [-0.2, 0) is 4.79 Å². The molecule has 23 heavy (non-hydrogen) atoms. The zero-order valence-electron chi connectivity index (χ0n) is 13.4. The minimum absolute atomic E-state index is 0.0294. The molecule has 0 amide bonds. The van der Waals surface area contributed by atoms with Gasteiger partial charge < -0.3 is 14.7 Å². The molecule has 1 N–H and O–H groups in total. The van der Waals surface area contributed by atoms with Crippen LogP contribution >= 0.6 is 11.6 Å². The monoisotopic (exact) mass is 338 g/mol. The van der Waals surface area contributed by atoms with Gasteiger partial charge in [0.2, 0.25) is 0 Å². The molecule has 1 aliphatic heterocycles. The zero-order valence-corrected chi connectivity index (χ0v) is 14.2. The summed E-state index contributed by atoms with van der Waals surface area (Å²) in [6.45, 7) is 4.58. The van der Waals surface area contributed by atoms with Crippen molar-refractivity contribution in [3.05, 3.63) is 23.2 Å². The second-order valence-corrected chi connectivity index (χ2v) is 7.06. The van der Waals surface area contributed by atoms with E-state index in [-0.39, 0.29) is 5.41 Å². The third-order valence-corrected chi connectivity index (χ3v) is 5.23. The molecule has 2 aliphatic rings. The quantitative estimate of drug-likeness (QED) is 0.864. The van der Waals surface area contributed by atoms with Gasteiger partial charge in [-0.2, -0.15) is 0 Å². The molecule has 1 aliphatic carbocycles. The van der Waals surface area contributed by atoms with E-state index in [1.165, 1.54) is 0 Å². The Morgan fingerprint density at radius 1 is 1.30 bits per heavy atom. The second-order valence-electron chi connectivity index (χ2n) is 6.65. The van der Waals surface area contributed by atoms with Crippen LogP contribution in [0.2, 0.25) is 5.02 Å². The van der Waals surface area contributed by atoms with Crippen LogP contribution in [0.25, 0.3) is 0 Å².